The summed E-state index contributed by atoms with van der Waals surface area (Å²) in [6, 6.07) is 4.54. The zero-order valence-corrected chi connectivity index (χ0v) is 11.8. The Morgan fingerprint density at radius 2 is 2.11 bits per heavy atom. The van der Waals surface area contributed by atoms with E-state index < -0.39 is 6.04 Å². The molecule has 0 aromatic heterocycles. The van der Waals surface area contributed by atoms with Gasteiger partial charge in [0, 0.05) is 0 Å². The van der Waals surface area contributed by atoms with Crippen LogP contribution in [0.15, 0.2) is 18.2 Å². The van der Waals surface area contributed by atoms with Gasteiger partial charge in [-0.3, -0.25) is 4.79 Å². The lowest BCUT2D eigenvalue weighted by Gasteiger charge is -2.18. The summed E-state index contributed by atoms with van der Waals surface area (Å²) in [6.07, 6.45) is 0.842. The minimum absolute atomic E-state index is 0. The Balaban J connectivity index is 0.00000289. The van der Waals surface area contributed by atoms with Crippen molar-refractivity contribution in [3.8, 4) is 5.75 Å². The number of nitrogens with two attached hydrogens (primary N) is 1. The first-order valence-electron chi connectivity index (χ1n) is 5.81. The van der Waals surface area contributed by atoms with Gasteiger partial charge in [0.1, 0.15) is 5.75 Å². The lowest BCUT2D eigenvalue weighted by atomic mass is 9.99. The van der Waals surface area contributed by atoms with Crippen LogP contribution in [0.4, 0.5) is 5.69 Å². The molecule has 0 aliphatic carbocycles. The molecule has 2 atom stereocenters. The van der Waals surface area contributed by atoms with Gasteiger partial charge in [-0.2, -0.15) is 0 Å². The molecule has 0 heterocycles. The SMILES string of the molecule is CCC(C)C(N)C(=O)Nc1ccc(C)cc1O.Cl. The molecule has 0 aliphatic rings. The van der Waals surface area contributed by atoms with Crippen LogP contribution in [-0.2, 0) is 4.79 Å². The monoisotopic (exact) mass is 272 g/mol. The van der Waals surface area contributed by atoms with Crippen LogP contribution in [0.1, 0.15) is 25.8 Å². The maximum absolute atomic E-state index is 11.8. The molecule has 4 nitrogen and oxygen atoms in total. The Morgan fingerprint density at radius 1 is 1.50 bits per heavy atom. The van der Waals surface area contributed by atoms with Crippen LogP contribution in [-0.4, -0.2) is 17.1 Å². The third-order valence-corrected chi connectivity index (χ3v) is 2.97. The number of hydrogen-bond acceptors (Lipinski definition) is 3. The molecule has 0 bridgehead atoms. The molecule has 0 aliphatic heterocycles. The minimum atomic E-state index is -0.555. The minimum Gasteiger partial charge on any atom is -0.506 e. The van der Waals surface area contributed by atoms with E-state index >= 15 is 0 Å². The highest BCUT2D eigenvalue weighted by molar-refractivity contribution is 5.96. The number of nitrogens with one attached hydrogen (secondary N) is 1. The number of benzene rings is 1. The third kappa shape index (κ3) is 4.20. The molecule has 1 amide bonds. The number of carbonyl (C=O) groups is 1. The normalized spacial score (nSPS) is 13.3. The van der Waals surface area contributed by atoms with E-state index in [-0.39, 0.29) is 30.0 Å². The van der Waals surface area contributed by atoms with E-state index in [1.807, 2.05) is 26.8 Å². The molecule has 102 valence electrons. The molecule has 1 aromatic rings. The summed E-state index contributed by atoms with van der Waals surface area (Å²) < 4.78 is 0. The summed E-state index contributed by atoms with van der Waals surface area (Å²) in [5, 5.41) is 12.3. The molecular formula is C13H21ClN2O2. The number of anilines is 1. The van der Waals surface area contributed by atoms with Crippen LogP contribution in [0.3, 0.4) is 0 Å². The van der Waals surface area contributed by atoms with Gasteiger partial charge < -0.3 is 16.2 Å². The van der Waals surface area contributed by atoms with E-state index in [9.17, 15) is 9.90 Å². The summed E-state index contributed by atoms with van der Waals surface area (Å²) in [5.41, 5.74) is 7.14. The number of halogens is 1. The largest absolute Gasteiger partial charge is 0.506 e. The van der Waals surface area contributed by atoms with Gasteiger partial charge in [-0.05, 0) is 30.5 Å². The average Bonchev–Trinajstić information content (AvgIpc) is 2.30. The van der Waals surface area contributed by atoms with Crippen molar-refractivity contribution in [3.05, 3.63) is 23.8 Å². The number of rotatable bonds is 4. The Morgan fingerprint density at radius 3 is 2.61 bits per heavy atom. The zero-order chi connectivity index (χ0) is 13.0. The fraction of sp³-hybridized carbons (Fsp3) is 0.462. The van der Waals surface area contributed by atoms with Crippen LogP contribution < -0.4 is 11.1 Å². The molecule has 2 unspecified atom stereocenters. The number of amides is 1. The lowest BCUT2D eigenvalue weighted by molar-refractivity contribution is -0.118. The topological polar surface area (TPSA) is 75.4 Å². The molecule has 4 N–H and O–H groups in total. The van der Waals surface area contributed by atoms with Crippen molar-refractivity contribution in [2.45, 2.75) is 33.2 Å². The molecular weight excluding hydrogens is 252 g/mol. The number of aromatic hydroxyl groups is 1. The van der Waals surface area contributed by atoms with Crippen molar-refractivity contribution >= 4 is 24.0 Å². The molecule has 0 saturated carbocycles. The smallest absolute Gasteiger partial charge is 0.241 e. The molecule has 0 radical (unpaired) electrons. The molecule has 0 fully saturated rings. The highest BCUT2D eigenvalue weighted by atomic mass is 35.5. The van der Waals surface area contributed by atoms with E-state index in [1.54, 1.807) is 12.1 Å². The maximum atomic E-state index is 11.8. The highest BCUT2D eigenvalue weighted by Gasteiger charge is 2.20. The molecule has 0 spiro atoms. The Hall–Kier alpha value is -1.26. The second-order valence-electron chi connectivity index (χ2n) is 4.42. The van der Waals surface area contributed by atoms with Gasteiger partial charge in [0.15, 0.2) is 0 Å². The van der Waals surface area contributed by atoms with Crippen LogP contribution in [0.25, 0.3) is 0 Å². The van der Waals surface area contributed by atoms with Gasteiger partial charge in [0.25, 0.3) is 0 Å². The number of aryl methyl sites for hydroxylation is 1. The lowest BCUT2D eigenvalue weighted by Crippen LogP contribution is -2.40. The van der Waals surface area contributed by atoms with Crippen molar-refractivity contribution in [1.29, 1.82) is 0 Å². The first-order chi connectivity index (χ1) is 7.95. The van der Waals surface area contributed by atoms with Crippen LogP contribution in [0, 0.1) is 12.8 Å². The van der Waals surface area contributed by atoms with E-state index in [0.717, 1.165) is 12.0 Å². The Kier molecular flexibility index (Phi) is 6.73. The van der Waals surface area contributed by atoms with Crippen molar-refractivity contribution < 1.29 is 9.90 Å². The molecule has 1 rings (SSSR count). The van der Waals surface area contributed by atoms with E-state index in [2.05, 4.69) is 5.32 Å². The van der Waals surface area contributed by atoms with Gasteiger partial charge in [0.2, 0.25) is 5.91 Å². The number of phenolic OH excluding ortho intramolecular Hbond substituents is 1. The highest BCUT2D eigenvalue weighted by Crippen LogP contribution is 2.24. The zero-order valence-electron chi connectivity index (χ0n) is 10.9. The second-order valence-corrected chi connectivity index (χ2v) is 4.42. The van der Waals surface area contributed by atoms with E-state index in [4.69, 9.17) is 5.73 Å². The third-order valence-electron chi connectivity index (χ3n) is 2.97. The van der Waals surface area contributed by atoms with Crippen LogP contribution in [0.2, 0.25) is 0 Å². The Bertz CT molecular complexity index is 410. The quantitative estimate of drug-likeness (QED) is 0.737. The van der Waals surface area contributed by atoms with Crippen molar-refractivity contribution in [2.24, 2.45) is 11.7 Å². The molecule has 1 aromatic carbocycles. The molecule has 0 saturated heterocycles. The molecule has 5 heteroatoms. The van der Waals surface area contributed by atoms with Crippen LogP contribution in [0.5, 0.6) is 5.75 Å². The first kappa shape index (κ1) is 16.7. The van der Waals surface area contributed by atoms with Gasteiger partial charge in [-0.25, -0.2) is 0 Å². The summed E-state index contributed by atoms with van der Waals surface area (Å²) in [6.45, 7) is 5.79. The number of hydrogen-bond donors (Lipinski definition) is 3. The first-order valence-corrected chi connectivity index (χ1v) is 5.81. The predicted molar refractivity (Wildman–Crippen MR) is 76.2 cm³/mol. The molecule has 18 heavy (non-hydrogen) atoms. The predicted octanol–water partition coefficient (Wildman–Crippen LogP) is 2.43. The number of carbonyl (C=O) groups excluding carboxylic acids is 1. The second kappa shape index (κ2) is 7.24. The summed E-state index contributed by atoms with van der Waals surface area (Å²) in [5.74, 6) is -0.0872. The van der Waals surface area contributed by atoms with Crippen molar-refractivity contribution in [3.63, 3.8) is 0 Å². The van der Waals surface area contributed by atoms with Crippen molar-refractivity contribution in [1.82, 2.24) is 0 Å². The van der Waals surface area contributed by atoms with E-state index in [0.29, 0.717) is 5.69 Å². The van der Waals surface area contributed by atoms with E-state index in [1.165, 1.54) is 0 Å². The van der Waals surface area contributed by atoms with Gasteiger partial charge >= 0.3 is 0 Å². The van der Waals surface area contributed by atoms with Gasteiger partial charge in [-0.15, -0.1) is 12.4 Å². The van der Waals surface area contributed by atoms with Crippen molar-refractivity contribution in [2.75, 3.05) is 5.32 Å². The maximum Gasteiger partial charge on any atom is 0.241 e. The fourth-order valence-electron chi connectivity index (χ4n) is 1.48. The number of phenols is 1. The van der Waals surface area contributed by atoms with Gasteiger partial charge in [0.05, 0.1) is 11.7 Å². The van der Waals surface area contributed by atoms with Crippen LogP contribution >= 0.6 is 12.4 Å². The summed E-state index contributed by atoms with van der Waals surface area (Å²) in [4.78, 5) is 11.8. The summed E-state index contributed by atoms with van der Waals surface area (Å²) >= 11 is 0. The fourth-order valence-corrected chi connectivity index (χ4v) is 1.48. The summed E-state index contributed by atoms with van der Waals surface area (Å²) in [7, 11) is 0. The van der Waals surface area contributed by atoms with Gasteiger partial charge in [-0.1, -0.05) is 26.3 Å². The Labute approximate surface area is 114 Å². The standard InChI is InChI=1S/C13H20N2O2.ClH/c1-4-9(3)12(14)13(17)15-10-6-5-8(2)7-11(10)16;/h5-7,9,12,16H,4,14H2,1-3H3,(H,15,17);1H. The average molecular weight is 273 g/mol.